The maximum absolute atomic E-state index is 14.0. The second kappa shape index (κ2) is 10.5. The summed E-state index contributed by atoms with van der Waals surface area (Å²) in [5.74, 6) is 0.601. The summed E-state index contributed by atoms with van der Waals surface area (Å²) in [5.41, 5.74) is 1.31. The number of methoxy groups -OCH3 is 2. The molecule has 8 nitrogen and oxygen atoms in total. The fourth-order valence-electron chi connectivity index (χ4n) is 3.86. The monoisotopic (exact) mass is 455 g/mol. The van der Waals surface area contributed by atoms with E-state index in [4.69, 9.17) is 18.7 Å². The maximum atomic E-state index is 14.0. The van der Waals surface area contributed by atoms with Gasteiger partial charge in [-0.2, -0.15) is 0 Å². The number of hydrogen-bond acceptors (Lipinski definition) is 7. The molecular weight excluding hydrogens is 429 g/mol. The number of nitrogens with zero attached hydrogens (tertiary/aromatic N) is 2. The van der Waals surface area contributed by atoms with Crippen LogP contribution in [0.5, 0.6) is 11.5 Å². The van der Waals surface area contributed by atoms with Gasteiger partial charge in [0.05, 0.1) is 39.0 Å². The summed E-state index contributed by atoms with van der Waals surface area (Å²) in [4.78, 5) is 15.0. The highest BCUT2D eigenvalue weighted by atomic mass is 19.1. The summed E-state index contributed by atoms with van der Waals surface area (Å²) in [6, 6.07) is 13.2. The van der Waals surface area contributed by atoms with Crippen LogP contribution in [0.15, 0.2) is 53.1 Å². The van der Waals surface area contributed by atoms with Crippen LogP contribution in [-0.2, 0) is 4.74 Å². The van der Waals surface area contributed by atoms with Gasteiger partial charge in [0.25, 0.3) is 5.91 Å². The van der Waals surface area contributed by atoms with E-state index in [0.29, 0.717) is 31.3 Å². The summed E-state index contributed by atoms with van der Waals surface area (Å²) in [6.07, 6.45) is 0. The lowest BCUT2D eigenvalue weighted by molar-refractivity contribution is 0.0161. The molecule has 1 aromatic heterocycles. The Morgan fingerprint density at radius 1 is 1.12 bits per heavy atom. The second-order valence-corrected chi connectivity index (χ2v) is 7.54. The van der Waals surface area contributed by atoms with Crippen molar-refractivity contribution in [1.82, 2.24) is 15.4 Å². The molecule has 9 heteroatoms. The van der Waals surface area contributed by atoms with Crippen molar-refractivity contribution < 1.29 is 27.9 Å². The number of amides is 1. The van der Waals surface area contributed by atoms with Gasteiger partial charge in [-0.1, -0.05) is 23.4 Å². The van der Waals surface area contributed by atoms with Gasteiger partial charge in [0.2, 0.25) is 0 Å². The topological polar surface area (TPSA) is 86.1 Å². The molecule has 33 heavy (non-hydrogen) atoms. The maximum Gasteiger partial charge on any atom is 0.273 e. The minimum atomic E-state index is -0.443. The second-order valence-electron chi connectivity index (χ2n) is 7.54. The first-order valence-corrected chi connectivity index (χ1v) is 10.6. The molecule has 2 heterocycles. The molecule has 1 fully saturated rings. The average molecular weight is 455 g/mol. The van der Waals surface area contributed by atoms with Crippen LogP contribution < -0.4 is 14.8 Å². The Kier molecular flexibility index (Phi) is 7.21. The van der Waals surface area contributed by atoms with Gasteiger partial charge in [-0.05, 0) is 29.8 Å². The molecule has 0 aliphatic carbocycles. The first-order valence-electron chi connectivity index (χ1n) is 10.6. The molecule has 4 rings (SSSR count). The molecule has 1 amide bonds. The molecule has 1 saturated heterocycles. The Morgan fingerprint density at radius 3 is 2.61 bits per heavy atom. The largest absolute Gasteiger partial charge is 0.493 e. The van der Waals surface area contributed by atoms with Crippen molar-refractivity contribution in [3.8, 4) is 22.8 Å². The summed E-state index contributed by atoms with van der Waals surface area (Å²) >= 11 is 0. The molecule has 0 spiro atoms. The number of carbonyl (C=O) groups excluding carboxylic acids is 1. The lowest BCUT2D eigenvalue weighted by Crippen LogP contribution is -2.43. The van der Waals surface area contributed by atoms with Gasteiger partial charge < -0.3 is 24.1 Å². The molecule has 2 aromatic carbocycles. The quantitative estimate of drug-likeness (QED) is 0.558. The third-order valence-corrected chi connectivity index (χ3v) is 5.62. The highest BCUT2D eigenvalue weighted by Gasteiger charge is 2.25. The van der Waals surface area contributed by atoms with Gasteiger partial charge in [0.1, 0.15) is 5.82 Å². The Bertz CT molecular complexity index is 1100. The Labute approximate surface area is 191 Å². The van der Waals surface area contributed by atoms with Gasteiger partial charge >= 0.3 is 0 Å². The molecule has 1 unspecified atom stereocenters. The molecule has 3 aromatic rings. The molecular formula is C24H26FN3O5. The minimum Gasteiger partial charge on any atom is -0.493 e. The first kappa shape index (κ1) is 22.8. The number of halogens is 1. The van der Waals surface area contributed by atoms with E-state index < -0.39 is 11.7 Å². The molecule has 1 N–H and O–H groups in total. The van der Waals surface area contributed by atoms with E-state index >= 15 is 0 Å². The normalized spacial score (nSPS) is 15.1. The lowest BCUT2D eigenvalue weighted by atomic mass is 10.0. The number of ether oxygens (including phenoxy) is 3. The van der Waals surface area contributed by atoms with Crippen molar-refractivity contribution in [3.05, 3.63) is 65.6 Å². The molecule has 174 valence electrons. The number of morpholine rings is 1. The van der Waals surface area contributed by atoms with Crippen molar-refractivity contribution in [2.24, 2.45) is 0 Å². The van der Waals surface area contributed by atoms with E-state index in [1.165, 1.54) is 12.1 Å². The standard InChI is InChI=1S/C24H26FN3O5/c1-30-21-8-7-16(13-23(21)31-2)20(28-9-11-32-12-10-28)15-26-24(29)19-14-22(33-27-19)17-5-3-4-6-18(17)25/h3-8,13-14,20H,9-12,15H2,1-2H3,(H,26,29). The van der Waals surface area contributed by atoms with Gasteiger partial charge in [0, 0.05) is 25.7 Å². The molecule has 0 saturated carbocycles. The fourth-order valence-corrected chi connectivity index (χ4v) is 3.86. The molecule has 0 bridgehead atoms. The van der Waals surface area contributed by atoms with Crippen LogP contribution in [0.2, 0.25) is 0 Å². The smallest absolute Gasteiger partial charge is 0.273 e. The van der Waals surface area contributed by atoms with E-state index in [9.17, 15) is 9.18 Å². The van der Waals surface area contributed by atoms with Crippen molar-refractivity contribution in [3.63, 3.8) is 0 Å². The molecule has 1 aliphatic heterocycles. The van der Waals surface area contributed by atoms with Crippen LogP contribution in [0.3, 0.4) is 0 Å². The predicted octanol–water partition coefficient (Wildman–Crippen LogP) is 3.30. The SMILES string of the molecule is COc1ccc(C(CNC(=O)c2cc(-c3ccccc3F)on2)N2CCOCC2)cc1OC. The van der Waals surface area contributed by atoms with Crippen molar-refractivity contribution in [2.75, 3.05) is 47.1 Å². The number of carbonyl (C=O) groups is 1. The van der Waals surface area contributed by atoms with Crippen LogP contribution in [0.25, 0.3) is 11.3 Å². The Hall–Kier alpha value is -3.43. The third kappa shape index (κ3) is 5.15. The number of rotatable bonds is 8. The van der Waals surface area contributed by atoms with E-state index in [2.05, 4.69) is 15.4 Å². The van der Waals surface area contributed by atoms with Crippen molar-refractivity contribution in [2.45, 2.75) is 6.04 Å². The van der Waals surface area contributed by atoms with E-state index in [1.807, 2.05) is 18.2 Å². The highest BCUT2D eigenvalue weighted by molar-refractivity contribution is 5.93. The van der Waals surface area contributed by atoms with E-state index in [1.54, 1.807) is 32.4 Å². The van der Waals surface area contributed by atoms with Gasteiger partial charge in [-0.25, -0.2) is 4.39 Å². The zero-order valence-electron chi connectivity index (χ0n) is 18.5. The summed E-state index contributed by atoms with van der Waals surface area (Å²) in [7, 11) is 3.18. The minimum absolute atomic E-state index is 0.0845. The van der Waals surface area contributed by atoms with E-state index in [0.717, 1.165) is 18.7 Å². The summed E-state index contributed by atoms with van der Waals surface area (Å²) in [5, 5.41) is 6.75. The highest BCUT2D eigenvalue weighted by Crippen LogP contribution is 2.32. The Morgan fingerprint density at radius 2 is 1.88 bits per heavy atom. The predicted molar refractivity (Wildman–Crippen MR) is 119 cm³/mol. The van der Waals surface area contributed by atoms with Crippen LogP contribution in [0.1, 0.15) is 22.1 Å². The van der Waals surface area contributed by atoms with Crippen LogP contribution in [0, 0.1) is 5.82 Å². The average Bonchev–Trinajstić information content (AvgIpc) is 3.35. The number of hydrogen-bond donors (Lipinski definition) is 1. The molecule has 1 atom stereocenters. The van der Waals surface area contributed by atoms with Crippen molar-refractivity contribution in [1.29, 1.82) is 0 Å². The summed E-state index contributed by atoms with van der Waals surface area (Å²) < 4.78 is 35.5. The number of aromatic nitrogens is 1. The third-order valence-electron chi connectivity index (χ3n) is 5.62. The first-order chi connectivity index (χ1) is 16.1. The van der Waals surface area contributed by atoms with Crippen LogP contribution in [0.4, 0.5) is 4.39 Å². The fraction of sp³-hybridized carbons (Fsp3) is 0.333. The van der Waals surface area contributed by atoms with Crippen LogP contribution in [-0.4, -0.2) is 63.0 Å². The molecule has 1 aliphatic rings. The number of nitrogens with one attached hydrogen (secondary N) is 1. The lowest BCUT2D eigenvalue weighted by Gasteiger charge is -2.35. The van der Waals surface area contributed by atoms with Crippen molar-refractivity contribution >= 4 is 5.91 Å². The van der Waals surface area contributed by atoms with Gasteiger partial charge in [-0.15, -0.1) is 0 Å². The molecule has 0 radical (unpaired) electrons. The summed E-state index contributed by atoms with van der Waals surface area (Å²) in [6.45, 7) is 3.03. The zero-order chi connectivity index (χ0) is 23.2. The van der Waals surface area contributed by atoms with E-state index in [-0.39, 0.29) is 23.1 Å². The van der Waals surface area contributed by atoms with Gasteiger partial charge in [-0.3, -0.25) is 9.69 Å². The Balaban J connectivity index is 1.51. The van der Waals surface area contributed by atoms with Crippen LogP contribution >= 0.6 is 0 Å². The number of benzene rings is 2. The zero-order valence-corrected chi connectivity index (χ0v) is 18.5. The van der Waals surface area contributed by atoms with Gasteiger partial charge in [0.15, 0.2) is 23.0 Å².